The minimum Gasteiger partial charge on any atom is -0.259 e. The molecule has 0 saturated carbocycles. The molecule has 0 saturated heterocycles. The van der Waals surface area contributed by atoms with Gasteiger partial charge in [-0.15, -0.1) is 0 Å². The van der Waals surface area contributed by atoms with Gasteiger partial charge in [0.15, 0.2) is 0 Å². The van der Waals surface area contributed by atoms with Crippen molar-refractivity contribution in [1.82, 2.24) is 15.0 Å². The summed E-state index contributed by atoms with van der Waals surface area (Å²) in [7, 11) is 0. The number of aromatic nitrogens is 3. The minimum atomic E-state index is 0.641. The number of benzene rings is 6. The topological polar surface area (TPSA) is 63.4 Å². The molecule has 1 aliphatic carbocycles. The molecule has 0 amide bonds. The number of aryl methyl sites for hydroxylation is 2. The van der Waals surface area contributed by atoms with E-state index in [1.54, 1.807) is 0 Å². The molecule has 1 aliphatic heterocycles. The minimum absolute atomic E-state index is 0.641. The average Bonchev–Trinajstić information content (AvgIpc) is 3.39. The Kier molecular flexibility index (Phi) is 20.3. The van der Waals surface area contributed by atoms with Crippen LogP contribution in [0.15, 0.2) is 264 Å². The standard InChI is InChI=1S/C62H54N4.C17H19N.C2H6/c1-7-44-23-17-35-63-62(44)61(42(4)5)66-60(41(2)3)56(55-25-15-14-18-43(55)6)26-16-24-54-31-27-49-36-47(28-32-57(49)64-54)48-29-33-58-50(37-48)30-34-59(65-58)53-39-51(45-19-10-8-11-20-45)38-52(40-53)46-21-12-9-13-22-46;1-5-7-12(3)16-11-10-15-9-8-14(6-2)13(4)17(15)18-16;1-2/h7-8,10-12,14-16,18-22,25-40H,1-2,6,9,13,17,23-24H2,3-5H3;5,7-11H,3,6H2,1-2,4H3;1-2H3/b26-16-,56-55+,66-60?;7-5-;. The monoisotopic (exact) mass is 1120 g/mol. The summed E-state index contributed by atoms with van der Waals surface area (Å²) in [6, 6.07) is 55.9. The Morgan fingerprint density at radius 1 is 0.651 bits per heavy atom. The summed E-state index contributed by atoms with van der Waals surface area (Å²) in [5.74, 6) is 0. The first-order valence-electron chi connectivity index (χ1n) is 30.2. The zero-order valence-corrected chi connectivity index (χ0v) is 51.5. The normalized spacial score (nSPS) is 13.5. The highest BCUT2D eigenvalue weighted by atomic mass is 14.9. The molecule has 0 N–H and O–H groups in total. The lowest BCUT2D eigenvalue weighted by Gasteiger charge is -2.17. The van der Waals surface area contributed by atoms with Crippen LogP contribution in [0.2, 0.25) is 0 Å². The largest absolute Gasteiger partial charge is 0.259 e. The van der Waals surface area contributed by atoms with Gasteiger partial charge in [-0.25, -0.2) is 15.0 Å². The fourth-order valence-corrected chi connectivity index (χ4v) is 11.0. The van der Waals surface area contributed by atoms with Gasteiger partial charge in [0, 0.05) is 45.6 Å². The molecule has 428 valence electrons. The van der Waals surface area contributed by atoms with Crippen LogP contribution >= 0.6 is 0 Å². The van der Waals surface area contributed by atoms with E-state index in [1.165, 1.54) is 38.8 Å². The van der Waals surface area contributed by atoms with Crippen LogP contribution in [-0.2, 0) is 12.8 Å². The molecule has 11 rings (SSSR count). The summed E-state index contributed by atoms with van der Waals surface area (Å²) in [6.07, 6.45) is 24.6. The third-order valence-electron chi connectivity index (χ3n) is 15.6. The van der Waals surface area contributed by atoms with Gasteiger partial charge in [-0.1, -0.05) is 193 Å². The molecule has 3 aromatic heterocycles. The highest BCUT2D eigenvalue weighted by Gasteiger charge is 2.18. The Morgan fingerprint density at radius 2 is 1.34 bits per heavy atom. The van der Waals surface area contributed by atoms with Crippen molar-refractivity contribution >= 4 is 67.9 Å². The second kappa shape index (κ2) is 28.7. The van der Waals surface area contributed by atoms with Crippen LogP contribution in [0.3, 0.4) is 0 Å². The maximum atomic E-state index is 5.32. The lowest BCUT2D eigenvalue weighted by atomic mass is 9.92. The maximum absolute atomic E-state index is 5.32. The summed E-state index contributed by atoms with van der Waals surface area (Å²) >= 11 is 0. The van der Waals surface area contributed by atoms with Crippen LogP contribution in [0.5, 0.6) is 0 Å². The molecular formula is C81H79N5. The van der Waals surface area contributed by atoms with E-state index in [2.05, 4.69) is 218 Å². The van der Waals surface area contributed by atoms with Gasteiger partial charge >= 0.3 is 0 Å². The number of fused-ring (bicyclic) bond motifs is 3. The van der Waals surface area contributed by atoms with E-state index in [9.17, 15) is 0 Å². The van der Waals surface area contributed by atoms with Gasteiger partial charge in [0.05, 0.1) is 45.0 Å². The van der Waals surface area contributed by atoms with Gasteiger partial charge in [0.25, 0.3) is 0 Å². The molecule has 2 aliphatic rings. The first-order valence-corrected chi connectivity index (χ1v) is 30.2. The van der Waals surface area contributed by atoms with Crippen LogP contribution in [0.1, 0.15) is 102 Å². The number of nitrogens with zero attached hydrogens (tertiary/aromatic N) is 5. The summed E-state index contributed by atoms with van der Waals surface area (Å²) in [5, 5.41) is 5.31. The van der Waals surface area contributed by atoms with Crippen molar-refractivity contribution in [2.24, 2.45) is 9.98 Å². The van der Waals surface area contributed by atoms with Gasteiger partial charge in [0.2, 0.25) is 0 Å². The Hall–Kier alpha value is -9.71. The second-order valence-corrected chi connectivity index (χ2v) is 21.8. The summed E-state index contributed by atoms with van der Waals surface area (Å²) in [6.45, 7) is 33.4. The Balaban J connectivity index is 0.000000375. The Labute approximate surface area is 510 Å². The molecule has 0 unspecified atom stereocenters. The van der Waals surface area contributed by atoms with E-state index in [0.29, 0.717) is 6.42 Å². The number of hydrogen-bond acceptors (Lipinski definition) is 5. The molecule has 9 aromatic rings. The molecule has 0 spiro atoms. The molecule has 5 nitrogen and oxygen atoms in total. The molecule has 5 heteroatoms. The Morgan fingerprint density at radius 3 is 2.02 bits per heavy atom. The van der Waals surface area contributed by atoms with E-state index < -0.39 is 0 Å². The van der Waals surface area contributed by atoms with E-state index in [1.807, 2.05) is 76.4 Å². The molecule has 0 atom stereocenters. The Bertz CT molecular complexity index is 4430. The molecule has 0 radical (unpaired) electrons. The van der Waals surface area contributed by atoms with Gasteiger partial charge in [-0.3, -0.25) is 9.98 Å². The average molecular weight is 1120 g/mol. The van der Waals surface area contributed by atoms with Crippen molar-refractivity contribution in [3.63, 3.8) is 0 Å². The molecular weight excluding hydrogens is 1040 g/mol. The van der Waals surface area contributed by atoms with Gasteiger partial charge < -0.3 is 0 Å². The fraction of sp³-hybridized carbons (Fsp3) is 0.173. The zero-order chi connectivity index (χ0) is 60.7. The predicted octanol–water partition coefficient (Wildman–Crippen LogP) is 20.2. The molecule has 0 bridgehead atoms. The SMILES string of the molecule is C=C(/C=C\C)c1ccc2ccc(CC)c(C)c2n1.C=CC1=C(C(N=C(C(=C)C)C(/C=C\Cc2ccc3cc(-c4ccc5nc(-c6cc(C7=CCCC=C7)cc(-c7ccccc7)c6)ccc5c4)ccc3n2)=c2\ccccc2=C)=C(C)C)N=CCC1.CC. The number of hydrogen-bond donors (Lipinski definition) is 0. The van der Waals surface area contributed by atoms with Crippen molar-refractivity contribution in [2.75, 3.05) is 0 Å². The number of allylic oxidation sites excluding steroid dienone is 13. The van der Waals surface area contributed by atoms with Crippen molar-refractivity contribution in [3.8, 4) is 33.5 Å². The second-order valence-electron chi connectivity index (χ2n) is 21.8. The molecule has 6 aromatic carbocycles. The van der Waals surface area contributed by atoms with E-state index in [-0.39, 0.29) is 0 Å². The van der Waals surface area contributed by atoms with Crippen LogP contribution in [-0.4, -0.2) is 26.9 Å². The summed E-state index contributed by atoms with van der Waals surface area (Å²) < 4.78 is 0. The van der Waals surface area contributed by atoms with Crippen molar-refractivity contribution in [1.29, 1.82) is 0 Å². The molecule has 0 fully saturated rings. The summed E-state index contributed by atoms with van der Waals surface area (Å²) in [4.78, 5) is 25.2. The molecule has 4 heterocycles. The summed E-state index contributed by atoms with van der Waals surface area (Å²) in [5.41, 5.74) is 24.3. The predicted molar refractivity (Wildman–Crippen MR) is 374 cm³/mol. The number of aliphatic imine (C=N–C) groups is 2. The van der Waals surface area contributed by atoms with E-state index in [4.69, 9.17) is 24.9 Å². The smallest absolute Gasteiger partial charge is 0.0913 e. The lowest BCUT2D eigenvalue weighted by molar-refractivity contribution is 0.981. The first-order chi connectivity index (χ1) is 41.9. The van der Waals surface area contributed by atoms with Crippen LogP contribution in [0.4, 0.5) is 0 Å². The van der Waals surface area contributed by atoms with Crippen LogP contribution < -0.4 is 10.4 Å². The lowest BCUT2D eigenvalue weighted by Crippen LogP contribution is -2.27. The van der Waals surface area contributed by atoms with Gasteiger partial charge in [0.1, 0.15) is 0 Å². The maximum Gasteiger partial charge on any atom is 0.0913 e. The highest BCUT2D eigenvalue weighted by Crippen LogP contribution is 2.35. The fourth-order valence-electron chi connectivity index (χ4n) is 11.0. The third kappa shape index (κ3) is 14.3. The van der Waals surface area contributed by atoms with E-state index in [0.717, 1.165) is 149 Å². The molecule has 86 heavy (non-hydrogen) atoms. The first kappa shape index (κ1) is 60.9. The van der Waals surface area contributed by atoms with Crippen molar-refractivity contribution in [3.05, 3.63) is 293 Å². The van der Waals surface area contributed by atoms with Gasteiger partial charge in [-0.05, 0) is 205 Å². The van der Waals surface area contributed by atoms with Crippen molar-refractivity contribution in [2.45, 2.75) is 93.9 Å². The quantitative estimate of drug-likeness (QED) is 0.0759. The third-order valence-corrected chi connectivity index (χ3v) is 15.6. The zero-order valence-electron chi connectivity index (χ0n) is 51.5. The number of rotatable bonds is 15. The highest BCUT2D eigenvalue weighted by molar-refractivity contribution is 6.30. The van der Waals surface area contributed by atoms with Crippen molar-refractivity contribution < 1.29 is 0 Å². The number of pyridine rings is 3. The van der Waals surface area contributed by atoms with E-state index >= 15 is 0 Å². The van der Waals surface area contributed by atoms with Crippen LogP contribution in [0, 0.1) is 6.92 Å². The van der Waals surface area contributed by atoms with Crippen LogP contribution in [0.25, 0.3) is 89.5 Å². The van der Waals surface area contributed by atoms with Gasteiger partial charge in [-0.2, -0.15) is 0 Å².